The van der Waals surface area contributed by atoms with Crippen molar-refractivity contribution >= 4 is 9.84 Å². The van der Waals surface area contributed by atoms with Crippen LogP contribution in [0.1, 0.15) is 43.2 Å². The van der Waals surface area contributed by atoms with E-state index in [-0.39, 0.29) is 11.2 Å². The third kappa shape index (κ3) is 3.67. The summed E-state index contributed by atoms with van der Waals surface area (Å²) >= 11 is 0. The lowest BCUT2D eigenvalue weighted by Gasteiger charge is -2.40. The topological polar surface area (TPSA) is 46.2 Å². The molecule has 116 valence electrons. The average molecular weight is 307 g/mol. The van der Waals surface area contributed by atoms with Crippen molar-refractivity contribution in [1.29, 1.82) is 0 Å². The summed E-state index contributed by atoms with van der Waals surface area (Å²) in [5, 5.41) is 3.65. The molecule has 0 radical (unpaired) electrons. The van der Waals surface area contributed by atoms with Crippen molar-refractivity contribution in [2.45, 2.75) is 50.0 Å². The van der Waals surface area contributed by atoms with Crippen LogP contribution in [0.3, 0.4) is 0 Å². The van der Waals surface area contributed by atoms with E-state index in [0.717, 1.165) is 32.2 Å². The lowest BCUT2D eigenvalue weighted by atomic mass is 9.68. The molecule has 0 amide bonds. The van der Waals surface area contributed by atoms with E-state index in [1.165, 1.54) is 30.2 Å². The minimum absolute atomic E-state index is 0.000509. The van der Waals surface area contributed by atoms with Crippen molar-refractivity contribution in [2.24, 2.45) is 0 Å². The largest absolute Gasteiger partial charge is 0.313 e. The smallest absolute Gasteiger partial charge is 0.147 e. The van der Waals surface area contributed by atoms with Gasteiger partial charge in [-0.15, -0.1) is 0 Å². The fourth-order valence-electron chi connectivity index (χ4n) is 3.55. The fraction of sp³-hybridized carbons (Fsp3) is 0.647. The first-order chi connectivity index (χ1) is 9.99. The van der Waals surface area contributed by atoms with Gasteiger partial charge in [0.25, 0.3) is 0 Å². The second-order valence-electron chi connectivity index (χ2n) is 6.83. The molecule has 0 heterocycles. The molecular formula is C17H25NO2S. The summed E-state index contributed by atoms with van der Waals surface area (Å²) in [6.45, 7) is 0.921. The van der Waals surface area contributed by atoms with E-state index in [1.54, 1.807) is 0 Å². The highest BCUT2D eigenvalue weighted by molar-refractivity contribution is 7.90. The fourth-order valence-corrected chi connectivity index (χ4v) is 4.31. The second-order valence-corrected chi connectivity index (χ2v) is 9.09. The van der Waals surface area contributed by atoms with E-state index in [4.69, 9.17) is 0 Å². The van der Waals surface area contributed by atoms with Crippen molar-refractivity contribution < 1.29 is 8.42 Å². The molecule has 1 saturated carbocycles. The summed E-state index contributed by atoms with van der Waals surface area (Å²) in [5.74, 6) is 0.285. The molecule has 1 N–H and O–H groups in total. The van der Waals surface area contributed by atoms with E-state index < -0.39 is 9.84 Å². The van der Waals surface area contributed by atoms with E-state index in [2.05, 4.69) is 29.6 Å². The standard InChI is InChI=1S/C17H25NO2S/c1-21(19,20)12-11-17(13-18-15-8-9-15)10-4-6-14-5-2-3-7-16(14)17/h2-3,5,7,15,18H,4,6,8-13H2,1H3. The molecule has 0 aromatic heterocycles. The zero-order valence-electron chi connectivity index (χ0n) is 12.8. The molecule has 1 unspecified atom stereocenters. The molecule has 3 nitrogen and oxygen atoms in total. The number of nitrogens with one attached hydrogen (secondary N) is 1. The van der Waals surface area contributed by atoms with Crippen LogP contribution in [-0.2, 0) is 21.7 Å². The number of benzene rings is 1. The van der Waals surface area contributed by atoms with Crippen LogP contribution in [0.4, 0.5) is 0 Å². The zero-order valence-corrected chi connectivity index (χ0v) is 13.6. The maximum atomic E-state index is 11.7. The molecule has 4 heteroatoms. The first-order valence-corrected chi connectivity index (χ1v) is 10.0. The van der Waals surface area contributed by atoms with E-state index in [1.807, 2.05) is 0 Å². The maximum absolute atomic E-state index is 11.7. The third-order valence-electron chi connectivity index (χ3n) is 4.95. The lowest BCUT2D eigenvalue weighted by molar-refractivity contribution is 0.327. The number of hydrogen-bond acceptors (Lipinski definition) is 3. The van der Waals surface area contributed by atoms with Gasteiger partial charge >= 0.3 is 0 Å². The first kappa shape index (κ1) is 15.0. The monoisotopic (exact) mass is 307 g/mol. The van der Waals surface area contributed by atoms with Crippen molar-refractivity contribution in [1.82, 2.24) is 5.32 Å². The van der Waals surface area contributed by atoms with Crippen LogP contribution in [0.15, 0.2) is 24.3 Å². The number of aryl methyl sites for hydroxylation is 1. The van der Waals surface area contributed by atoms with E-state index in [0.29, 0.717) is 6.04 Å². The van der Waals surface area contributed by atoms with Crippen LogP contribution in [0.25, 0.3) is 0 Å². The minimum atomic E-state index is -2.91. The van der Waals surface area contributed by atoms with Crippen molar-refractivity contribution in [3.63, 3.8) is 0 Å². The molecule has 1 aromatic carbocycles. The lowest BCUT2D eigenvalue weighted by Crippen LogP contribution is -2.43. The Balaban J connectivity index is 1.88. The SMILES string of the molecule is CS(=O)(=O)CCC1(CNC2CC2)CCCc2ccccc21. The summed E-state index contributed by atoms with van der Waals surface area (Å²) < 4.78 is 23.3. The summed E-state index contributed by atoms with van der Waals surface area (Å²) in [5.41, 5.74) is 2.79. The predicted octanol–water partition coefficient (Wildman–Crippen LogP) is 2.45. The van der Waals surface area contributed by atoms with Crippen LogP contribution >= 0.6 is 0 Å². The third-order valence-corrected chi connectivity index (χ3v) is 5.89. The van der Waals surface area contributed by atoms with Gasteiger partial charge in [-0.2, -0.15) is 0 Å². The normalized spacial score (nSPS) is 25.6. The molecule has 3 rings (SSSR count). The minimum Gasteiger partial charge on any atom is -0.313 e. The maximum Gasteiger partial charge on any atom is 0.147 e. The van der Waals surface area contributed by atoms with Gasteiger partial charge in [0, 0.05) is 24.3 Å². The van der Waals surface area contributed by atoms with Gasteiger partial charge in [-0.3, -0.25) is 0 Å². The van der Waals surface area contributed by atoms with Gasteiger partial charge in [0.05, 0.1) is 5.75 Å². The van der Waals surface area contributed by atoms with Gasteiger partial charge in [0.1, 0.15) is 9.84 Å². The highest BCUT2D eigenvalue weighted by Crippen LogP contribution is 2.40. The summed E-state index contributed by atoms with van der Waals surface area (Å²) in [6.07, 6.45) is 8.01. The quantitative estimate of drug-likeness (QED) is 0.878. The van der Waals surface area contributed by atoms with Crippen LogP contribution < -0.4 is 5.32 Å². The number of sulfone groups is 1. The van der Waals surface area contributed by atoms with Gasteiger partial charge < -0.3 is 5.32 Å². The van der Waals surface area contributed by atoms with Gasteiger partial charge in [-0.05, 0) is 49.7 Å². The molecule has 1 fully saturated rings. The average Bonchev–Trinajstić information content (AvgIpc) is 3.27. The molecule has 1 aromatic rings. The molecule has 1 atom stereocenters. The Morgan fingerprint density at radius 2 is 2.05 bits per heavy atom. The van der Waals surface area contributed by atoms with Gasteiger partial charge in [0.15, 0.2) is 0 Å². The number of hydrogen-bond donors (Lipinski definition) is 1. The van der Waals surface area contributed by atoms with Crippen molar-refractivity contribution in [3.05, 3.63) is 35.4 Å². The van der Waals surface area contributed by atoms with Crippen LogP contribution in [0.2, 0.25) is 0 Å². The molecule has 21 heavy (non-hydrogen) atoms. The Morgan fingerprint density at radius 3 is 2.76 bits per heavy atom. The van der Waals surface area contributed by atoms with Gasteiger partial charge in [0.2, 0.25) is 0 Å². The summed E-state index contributed by atoms with van der Waals surface area (Å²) in [4.78, 5) is 0. The molecular weight excluding hydrogens is 282 g/mol. The summed E-state index contributed by atoms with van der Waals surface area (Å²) in [6, 6.07) is 9.27. The van der Waals surface area contributed by atoms with Crippen LogP contribution in [0, 0.1) is 0 Å². The van der Waals surface area contributed by atoms with Crippen molar-refractivity contribution in [3.8, 4) is 0 Å². The zero-order chi connectivity index (χ0) is 14.9. The highest BCUT2D eigenvalue weighted by Gasteiger charge is 2.38. The summed E-state index contributed by atoms with van der Waals surface area (Å²) in [7, 11) is -2.91. The second kappa shape index (κ2) is 5.73. The van der Waals surface area contributed by atoms with E-state index in [9.17, 15) is 8.42 Å². The predicted molar refractivity (Wildman–Crippen MR) is 86.4 cm³/mol. The van der Waals surface area contributed by atoms with Crippen LogP contribution in [-0.4, -0.2) is 33.0 Å². The molecule has 2 aliphatic rings. The number of fused-ring (bicyclic) bond motifs is 1. The van der Waals surface area contributed by atoms with Gasteiger partial charge in [-0.25, -0.2) is 8.42 Å². The molecule has 2 aliphatic carbocycles. The Kier molecular flexibility index (Phi) is 4.10. The first-order valence-electron chi connectivity index (χ1n) is 7.98. The Bertz CT molecular complexity index is 607. The van der Waals surface area contributed by atoms with Crippen molar-refractivity contribution in [2.75, 3.05) is 18.6 Å². The Labute approximate surface area is 128 Å². The highest BCUT2D eigenvalue weighted by atomic mass is 32.2. The Morgan fingerprint density at radius 1 is 1.29 bits per heavy atom. The Hall–Kier alpha value is -0.870. The molecule has 0 saturated heterocycles. The molecule has 0 spiro atoms. The molecule has 0 bridgehead atoms. The van der Waals surface area contributed by atoms with E-state index >= 15 is 0 Å². The van der Waals surface area contributed by atoms with Crippen LogP contribution in [0.5, 0.6) is 0 Å². The van der Waals surface area contributed by atoms with Gasteiger partial charge in [-0.1, -0.05) is 24.3 Å². The molecule has 0 aliphatic heterocycles. The number of rotatable bonds is 6.